The third-order valence-corrected chi connectivity index (χ3v) is 5.61. The molecular weight excluding hydrogens is 330 g/mol. The summed E-state index contributed by atoms with van der Waals surface area (Å²) < 4.78 is 8.38. The highest BCUT2D eigenvalue weighted by Gasteiger charge is 2.16. The van der Waals surface area contributed by atoms with Crippen LogP contribution in [-0.2, 0) is 7.05 Å². The Hall–Kier alpha value is -3.52. The van der Waals surface area contributed by atoms with Crippen molar-refractivity contribution in [3.8, 4) is 11.1 Å². The number of nitrogens with zero attached hydrogens (tertiary/aromatic N) is 1. The number of furan rings is 1. The van der Waals surface area contributed by atoms with Crippen LogP contribution in [0.1, 0.15) is 0 Å². The van der Waals surface area contributed by atoms with Crippen molar-refractivity contribution in [1.29, 1.82) is 0 Å². The molecule has 0 saturated carbocycles. The summed E-state index contributed by atoms with van der Waals surface area (Å²) in [5, 5.41) is 4.91. The van der Waals surface area contributed by atoms with Crippen LogP contribution in [-0.4, -0.2) is 4.57 Å². The fourth-order valence-corrected chi connectivity index (χ4v) is 4.33. The first kappa shape index (κ1) is 14.6. The van der Waals surface area contributed by atoms with E-state index in [1.54, 1.807) is 0 Å². The molecule has 0 aliphatic heterocycles. The fraction of sp³-hybridized carbons (Fsp3) is 0.0400. The van der Waals surface area contributed by atoms with Crippen molar-refractivity contribution in [3.05, 3.63) is 84.9 Å². The van der Waals surface area contributed by atoms with Gasteiger partial charge in [0.2, 0.25) is 0 Å². The molecule has 0 saturated heterocycles. The summed E-state index contributed by atoms with van der Waals surface area (Å²) in [7, 11) is 2.13. The molecule has 2 heteroatoms. The van der Waals surface area contributed by atoms with Gasteiger partial charge in [-0.15, -0.1) is 0 Å². The number of fused-ring (bicyclic) bond motifs is 6. The summed E-state index contributed by atoms with van der Waals surface area (Å²) in [6, 6.07) is 29.9. The SMILES string of the molecule is Cn1c2cc3oc4ccccc4c3cc2c2c(-c3ccccc3)cccc21. The molecule has 0 amide bonds. The zero-order chi connectivity index (χ0) is 18.0. The van der Waals surface area contributed by atoms with E-state index in [0.29, 0.717) is 0 Å². The lowest BCUT2D eigenvalue weighted by molar-refractivity contribution is 0.669. The summed E-state index contributed by atoms with van der Waals surface area (Å²) in [6.45, 7) is 0. The van der Waals surface area contributed by atoms with E-state index < -0.39 is 0 Å². The first-order chi connectivity index (χ1) is 13.3. The summed E-state index contributed by atoms with van der Waals surface area (Å²) in [5.41, 5.74) is 6.83. The Morgan fingerprint density at radius 3 is 2.33 bits per heavy atom. The standard InChI is InChI=1S/C25H17NO/c1-26-21-12-7-11-17(16-8-3-2-4-9-16)25(21)20-14-19-18-10-5-6-13-23(18)27-24(19)15-22(20)26/h2-15H,1H3. The molecule has 0 aliphatic rings. The van der Waals surface area contributed by atoms with Crippen LogP contribution in [0.2, 0.25) is 0 Å². The van der Waals surface area contributed by atoms with Crippen LogP contribution in [0.3, 0.4) is 0 Å². The molecule has 0 bridgehead atoms. The molecule has 2 aromatic heterocycles. The van der Waals surface area contributed by atoms with Gasteiger partial charge < -0.3 is 8.98 Å². The smallest absolute Gasteiger partial charge is 0.137 e. The first-order valence-corrected chi connectivity index (χ1v) is 9.19. The predicted molar refractivity (Wildman–Crippen MR) is 113 cm³/mol. The van der Waals surface area contributed by atoms with Gasteiger partial charge in [-0.05, 0) is 29.3 Å². The van der Waals surface area contributed by atoms with Crippen LogP contribution < -0.4 is 0 Å². The second-order valence-electron chi connectivity index (χ2n) is 7.09. The van der Waals surface area contributed by atoms with Gasteiger partial charge >= 0.3 is 0 Å². The van der Waals surface area contributed by atoms with Gasteiger partial charge in [0.1, 0.15) is 11.2 Å². The molecular formula is C25H17NO. The molecule has 0 atom stereocenters. The summed E-state index contributed by atoms with van der Waals surface area (Å²) in [6.07, 6.45) is 0. The maximum Gasteiger partial charge on any atom is 0.137 e. The van der Waals surface area contributed by atoms with E-state index in [4.69, 9.17) is 4.42 Å². The van der Waals surface area contributed by atoms with Gasteiger partial charge in [0.15, 0.2) is 0 Å². The van der Waals surface area contributed by atoms with E-state index in [2.05, 4.69) is 84.4 Å². The molecule has 6 aromatic rings. The van der Waals surface area contributed by atoms with Crippen molar-refractivity contribution in [2.75, 3.05) is 0 Å². The van der Waals surface area contributed by atoms with E-state index in [9.17, 15) is 0 Å². The highest BCUT2D eigenvalue weighted by Crippen LogP contribution is 2.39. The van der Waals surface area contributed by atoms with Crippen LogP contribution >= 0.6 is 0 Å². The maximum atomic E-state index is 6.11. The maximum absolute atomic E-state index is 6.11. The summed E-state index contributed by atoms with van der Waals surface area (Å²) in [5.74, 6) is 0. The Balaban J connectivity index is 1.82. The molecule has 2 nitrogen and oxygen atoms in total. The molecule has 0 spiro atoms. The van der Waals surface area contributed by atoms with Gasteiger partial charge in [-0.25, -0.2) is 0 Å². The minimum Gasteiger partial charge on any atom is -0.456 e. The monoisotopic (exact) mass is 347 g/mol. The minimum atomic E-state index is 0.940. The second kappa shape index (κ2) is 5.24. The highest BCUT2D eigenvalue weighted by atomic mass is 16.3. The molecule has 4 aromatic carbocycles. The normalized spacial score (nSPS) is 11.9. The summed E-state index contributed by atoms with van der Waals surface area (Å²) >= 11 is 0. The van der Waals surface area contributed by atoms with Crippen LogP contribution in [0.4, 0.5) is 0 Å². The van der Waals surface area contributed by atoms with Crippen molar-refractivity contribution >= 4 is 43.7 Å². The molecule has 0 fully saturated rings. The first-order valence-electron chi connectivity index (χ1n) is 9.19. The lowest BCUT2D eigenvalue weighted by atomic mass is 9.99. The highest BCUT2D eigenvalue weighted by molar-refractivity contribution is 6.20. The lowest BCUT2D eigenvalue weighted by Crippen LogP contribution is -1.86. The Labute approximate surface area is 156 Å². The fourth-order valence-electron chi connectivity index (χ4n) is 4.33. The van der Waals surface area contributed by atoms with Crippen molar-refractivity contribution in [1.82, 2.24) is 4.57 Å². The van der Waals surface area contributed by atoms with Gasteiger partial charge in [-0.3, -0.25) is 0 Å². The molecule has 0 radical (unpaired) electrons. The van der Waals surface area contributed by atoms with Crippen LogP contribution in [0.25, 0.3) is 54.9 Å². The number of aromatic nitrogens is 1. The average Bonchev–Trinajstić information content (AvgIpc) is 3.22. The van der Waals surface area contributed by atoms with Gasteiger partial charge in [-0.2, -0.15) is 0 Å². The van der Waals surface area contributed by atoms with Gasteiger partial charge in [-0.1, -0.05) is 60.7 Å². The molecule has 6 rings (SSSR count). The van der Waals surface area contributed by atoms with E-state index in [1.165, 1.54) is 43.7 Å². The van der Waals surface area contributed by atoms with E-state index in [-0.39, 0.29) is 0 Å². The largest absolute Gasteiger partial charge is 0.456 e. The topological polar surface area (TPSA) is 18.1 Å². The zero-order valence-corrected chi connectivity index (χ0v) is 14.9. The van der Waals surface area contributed by atoms with Gasteiger partial charge in [0.05, 0.1) is 5.52 Å². The molecule has 128 valence electrons. The quantitative estimate of drug-likeness (QED) is 0.316. The molecule has 0 aliphatic carbocycles. The number of aryl methyl sites for hydroxylation is 1. The van der Waals surface area contributed by atoms with E-state index in [1.807, 2.05) is 12.1 Å². The predicted octanol–water partition coefficient (Wildman–Crippen LogP) is 6.90. The zero-order valence-electron chi connectivity index (χ0n) is 14.9. The third-order valence-electron chi connectivity index (χ3n) is 5.61. The van der Waals surface area contributed by atoms with Crippen molar-refractivity contribution in [3.63, 3.8) is 0 Å². The van der Waals surface area contributed by atoms with E-state index >= 15 is 0 Å². The Morgan fingerprint density at radius 2 is 1.44 bits per heavy atom. The molecule has 0 unspecified atom stereocenters. The Kier molecular flexibility index (Phi) is 2.84. The number of hydrogen-bond acceptors (Lipinski definition) is 1. The lowest BCUT2D eigenvalue weighted by Gasteiger charge is -2.05. The Bertz CT molecular complexity index is 1470. The minimum absolute atomic E-state index is 0.940. The van der Waals surface area contributed by atoms with Crippen LogP contribution in [0, 0.1) is 0 Å². The van der Waals surface area contributed by atoms with Crippen molar-refractivity contribution < 1.29 is 4.42 Å². The van der Waals surface area contributed by atoms with Crippen LogP contribution in [0.15, 0.2) is 89.3 Å². The van der Waals surface area contributed by atoms with Crippen molar-refractivity contribution in [2.24, 2.45) is 7.05 Å². The van der Waals surface area contributed by atoms with Gasteiger partial charge in [0, 0.05) is 40.2 Å². The molecule has 0 N–H and O–H groups in total. The molecule has 2 heterocycles. The molecule has 27 heavy (non-hydrogen) atoms. The van der Waals surface area contributed by atoms with Crippen LogP contribution in [0.5, 0.6) is 0 Å². The summed E-state index contributed by atoms with van der Waals surface area (Å²) in [4.78, 5) is 0. The van der Waals surface area contributed by atoms with Crippen molar-refractivity contribution in [2.45, 2.75) is 0 Å². The van der Waals surface area contributed by atoms with Gasteiger partial charge in [0.25, 0.3) is 0 Å². The van der Waals surface area contributed by atoms with E-state index in [0.717, 1.165) is 11.2 Å². The second-order valence-corrected chi connectivity index (χ2v) is 7.09. The average molecular weight is 347 g/mol. The number of para-hydroxylation sites is 1. The number of rotatable bonds is 1. The number of benzene rings is 4. The number of hydrogen-bond donors (Lipinski definition) is 0. The Morgan fingerprint density at radius 1 is 0.630 bits per heavy atom. The third kappa shape index (κ3) is 1.95.